The highest BCUT2D eigenvalue weighted by atomic mass is 14.9. The Morgan fingerprint density at radius 3 is 2.20 bits per heavy atom. The number of hydrogen-bond donors (Lipinski definition) is 1. The van der Waals surface area contributed by atoms with E-state index in [0.717, 1.165) is 6.54 Å². The fraction of sp³-hybridized carbons (Fsp3) is 0.417. The first kappa shape index (κ1) is 17.9. The normalized spacial score (nSPS) is 18.6. The van der Waals surface area contributed by atoms with Gasteiger partial charge >= 0.3 is 0 Å². The van der Waals surface area contributed by atoms with E-state index in [1.807, 2.05) is 0 Å². The maximum atomic E-state index is 3.71. The van der Waals surface area contributed by atoms with Crippen molar-refractivity contribution in [2.24, 2.45) is 5.92 Å². The Hall–Kier alpha value is -1.86. The van der Waals surface area contributed by atoms with E-state index in [0.29, 0.717) is 5.92 Å². The van der Waals surface area contributed by atoms with Gasteiger partial charge in [-0.05, 0) is 80.2 Å². The maximum absolute atomic E-state index is 3.71. The average Bonchev–Trinajstić information content (AvgIpc) is 2.75. The lowest BCUT2D eigenvalue weighted by atomic mass is 9.86. The molecule has 0 fully saturated rings. The number of hydrogen-bond acceptors (Lipinski definition) is 1. The van der Waals surface area contributed by atoms with Gasteiger partial charge in [0.2, 0.25) is 0 Å². The molecule has 0 saturated heterocycles. The smallest absolute Gasteiger partial charge is 0.0222 e. The molecule has 0 spiro atoms. The second-order valence-electron chi connectivity index (χ2n) is 8.48. The van der Waals surface area contributed by atoms with E-state index in [9.17, 15) is 0 Å². The molecule has 25 heavy (non-hydrogen) atoms. The molecule has 1 aliphatic rings. The molecule has 0 bridgehead atoms. The van der Waals surface area contributed by atoms with Gasteiger partial charge in [-0.25, -0.2) is 0 Å². The first-order valence-corrected chi connectivity index (χ1v) is 9.35. The Balaban J connectivity index is 2.19. The molecule has 0 heterocycles. The molecule has 132 valence electrons. The van der Waals surface area contributed by atoms with E-state index in [4.69, 9.17) is 0 Å². The molecular formula is C24H31N. The summed E-state index contributed by atoms with van der Waals surface area (Å²) in [4.78, 5) is 0. The minimum absolute atomic E-state index is 0.100. The van der Waals surface area contributed by atoms with Gasteiger partial charge in [0.25, 0.3) is 0 Å². The van der Waals surface area contributed by atoms with Crippen molar-refractivity contribution >= 4 is 16.3 Å². The Morgan fingerprint density at radius 2 is 1.60 bits per heavy atom. The van der Waals surface area contributed by atoms with Crippen molar-refractivity contribution in [3.8, 4) is 0 Å². The van der Waals surface area contributed by atoms with Crippen molar-refractivity contribution in [3.63, 3.8) is 0 Å². The van der Waals surface area contributed by atoms with E-state index in [-0.39, 0.29) is 5.54 Å². The van der Waals surface area contributed by atoms with Crippen LogP contribution in [0.1, 0.15) is 59.6 Å². The van der Waals surface area contributed by atoms with Crippen LogP contribution in [-0.4, -0.2) is 5.54 Å². The van der Waals surface area contributed by atoms with Gasteiger partial charge < -0.3 is 5.32 Å². The van der Waals surface area contributed by atoms with Gasteiger partial charge in [0.05, 0.1) is 0 Å². The van der Waals surface area contributed by atoms with E-state index < -0.39 is 0 Å². The maximum Gasteiger partial charge on any atom is 0.0222 e. The molecule has 0 aliphatic heterocycles. The fourth-order valence-electron chi connectivity index (χ4n) is 3.93. The predicted molar refractivity (Wildman–Crippen MR) is 111 cm³/mol. The molecule has 1 atom stereocenters. The van der Waals surface area contributed by atoms with Crippen LogP contribution in [0.25, 0.3) is 16.3 Å². The molecule has 1 N–H and O–H groups in total. The molecule has 1 aliphatic carbocycles. The summed E-state index contributed by atoms with van der Waals surface area (Å²) in [7, 11) is 0. The van der Waals surface area contributed by atoms with Crippen LogP contribution in [0.5, 0.6) is 0 Å². The lowest BCUT2D eigenvalue weighted by molar-refractivity contribution is 0.425. The number of rotatable bonds is 3. The summed E-state index contributed by atoms with van der Waals surface area (Å²) in [6, 6.07) is 13.4. The summed E-state index contributed by atoms with van der Waals surface area (Å²) in [5, 5.41) is 6.40. The molecule has 1 unspecified atom stereocenters. The zero-order valence-electron chi connectivity index (χ0n) is 16.7. The van der Waals surface area contributed by atoms with Gasteiger partial charge in [-0.15, -0.1) is 0 Å². The molecule has 0 saturated carbocycles. The number of allylic oxidation sites excluding steroid dienone is 4. The Morgan fingerprint density at radius 1 is 0.920 bits per heavy atom. The average molecular weight is 334 g/mol. The SMILES string of the molecule is CC1=C(C)C(C)C(c2ccc3ccccc3c2CNC(C)(C)C)=C1C. The lowest BCUT2D eigenvalue weighted by Gasteiger charge is -2.24. The number of fused-ring (bicyclic) bond motifs is 1. The van der Waals surface area contributed by atoms with Gasteiger partial charge in [-0.3, -0.25) is 0 Å². The van der Waals surface area contributed by atoms with Crippen LogP contribution in [0, 0.1) is 5.92 Å². The van der Waals surface area contributed by atoms with Crippen molar-refractivity contribution < 1.29 is 0 Å². The second kappa shape index (κ2) is 6.46. The van der Waals surface area contributed by atoms with Crippen molar-refractivity contribution in [1.29, 1.82) is 0 Å². The second-order valence-corrected chi connectivity index (χ2v) is 8.48. The van der Waals surface area contributed by atoms with Crippen LogP contribution in [0.15, 0.2) is 53.1 Å². The molecule has 0 aromatic heterocycles. The van der Waals surface area contributed by atoms with Crippen molar-refractivity contribution in [1.82, 2.24) is 5.32 Å². The van der Waals surface area contributed by atoms with E-state index in [1.54, 1.807) is 0 Å². The third-order valence-corrected chi connectivity index (χ3v) is 5.77. The minimum Gasteiger partial charge on any atom is -0.308 e. The Kier molecular flexibility index (Phi) is 4.64. The molecule has 1 heteroatoms. The summed E-state index contributed by atoms with van der Waals surface area (Å²) < 4.78 is 0. The first-order valence-electron chi connectivity index (χ1n) is 9.35. The minimum atomic E-state index is 0.100. The molecule has 2 aromatic rings. The van der Waals surface area contributed by atoms with Crippen LogP contribution in [0.3, 0.4) is 0 Å². The standard InChI is InChI=1S/C24H31N/c1-15-16(2)18(4)23(17(15)3)21-13-12-19-10-8-9-11-20(19)22(21)14-25-24(5,6)7/h8-13,17,25H,14H2,1-7H3. The largest absolute Gasteiger partial charge is 0.308 e. The number of nitrogens with one attached hydrogen (secondary N) is 1. The Bertz CT molecular complexity index is 875. The first-order chi connectivity index (χ1) is 11.7. The topological polar surface area (TPSA) is 12.0 Å². The molecule has 0 radical (unpaired) electrons. The zero-order chi connectivity index (χ0) is 18.4. The predicted octanol–water partition coefficient (Wildman–Crippen LogP) is 6.49. The third kappa shape index (κ3) is 3.30. The van der Waals surface area contributed by atoms with Crippen LogP contribution in [-0.2, 0) is 6.54 Å². The third-order valence-electron chi connectivity index (χ3n) is 5.77. The van der Waals surface area contributed by atoms with Gasteiger partial charge in [0.1, 0.15) is 0 Å². The lowest BCUT2D eigenvalue weighted by Crippen LogP contribution is -2.35. The summed E-state index contributed by atoms with van der Waals surface area (Å²) in [5.74, 6) is 0.495. The van der Waals surface area contributed by atoms with Gasteiger partial charge in [-0.2, -0.15) is 0 Å². The van der Waals surface area contributed by atoms with Crippen LogP contribution in [0.2, 0.25) is 0 Å². The molecule has 3 rings (SSSR count). The summed E-state index contributed by atoms with van der Waals surface area (Å²) >= 11 is 0. The molecule has 2 aromatic carbocycles. The van der Waals surface area contributed by atoms with E-state index in [1.165, 1.54) is 44.2 Å². The van der Waals surface area contributed by atoms with Crippen LogP contribution in [0.4, 0.5) is 0 Å². The molecule has 0 amide bonds. The van der Waals surface area contributed by atoms with Crippen molar-refractivity contribution in [2.45, 2.75) is 60.5 Å². The van der Waals surface area contributed by atoms with E-state index in [2.05, 4.69) is 90.2 Å². The van der Waals surface area contributed by atoms with Gasteiger partial charge in [0, 0.05) is 18.0 Å². The molecular weight excluding hydrogens is 302 g/mol. The summed E-state index contributed by atoms with van der Waals surface area (Å²) in [6.45, 7) is 16.8. The van der Waals surface area contributed by atoms with Crippen molar-refractivity contribution in [2.75, 3.05) is 0 Å². The monoisotopic (exact) mass is 333 g/mol. The van der Waals surface area contributed by atoms with Crippen LogP contribution < -0.4 is 5.32 Å². The summed E-state index contributed by atoms with van der Waals surface area (Å²) in [5.41, 5.74) is 8.88. The highest BCUT2D eigenvalue weighted by molar-refractivity contribution is 5.92. The quantitative estimate of drug-likeness (QED) is 0.677. The number of benzene rings is 2. The Labute approximate surface area is 152 Å². The molecule has 1 nitrogen and oxygen atoms in total. The zero-order valence-corrected chi connectivity index (χ0v) is 16.7. The highest BCUT2D eigenvalue weighted by Crippen LogP contribution is 2.44. The van der Waals surface area contributed by atoms with Gasteiger partial charge in [-0.1, -0.05) is 48.9 Å². The van der Waals surface area contributed by atoms with Crippen LogP contribution >= 0.6 is 0 Å². The summed E-state index contributed by atoms with van der Waals surface area (Å²) in [6.07, 6.45) is 0. The van der Waals surface area contributed by atoms with E-state index >= 15 is 0 Å². The van der Waals surface area contributed by atoms with Gasteiger partial charge in [0.15, 0.2) is 0 Å². The highest BCUT2D eigenvalue weighted by Gasteiger charge is 2.27. The van der Waals surface area contributed by atoms with Crippen molar-refractivity contribution in [3.05, 3.63) is 64.2 Å². The fourth-order valence-corrected chi connectivity index (χ4v) is 3.93.